The molecule has 1 aromatic rings. The Labute approximate surface area is 91.8 Å². The standard InChI is InChI=1S/C10H10ClFN2O/c1-6(13)15-10(14)5-7-8(11)3-2-4-9(7)12/h2-4,13-14H,5H2,1H3/p+1. The summed E-state index contributed by atoms with van der Waals surface area (Å²) in [4.78, 5) is 0. The first-order chi connectivity index (χ1) is 7.00. The fourth-order valence-corrected chi connectivity index (χ4v) is 1.32. The van der Waals surface area contributed by atoms with Gasteiger partial charge in [0.05, 0.1) is 13.3 Å². The van der Waals surface area contributed by atoms with E-state index in [1.165, 1.54) is 19.1 Å². The molecule has 0 aromatic heterocycles. The summed E-state index contributed by atoms with van der Waals surface area (Å²) in [5.74, 6) is -0.444. The van der Waals surface area contributed by atoms with Crippen LogP contribution in [0.5, 0.6) is 0 Å². The third-order valence-corrected chi connectivity index (χ3v) is 2.04. The average molecular weight is 230 g/mol. The molecule has 0 amide bonds. The molecule has 0 aliphatic heterocycles. The zero-order valence-corrected chi connectivity index (χ0v) is 8.94. The number of hydrogen-bond acceptors (Lipinski definition) is 2. The van der Waals surface area contributed by atoms with Crippen molar-refractivity contribution in [3.8, 4) is 0 Å². The highest BCUT2D eigenvalue weighted by molar-refractivity contribution is 6.31. The summed E-state index contributed by atoms with van der Waals surface area (Å²) in [6, 6.07) is 4.35. The normalized spacial score (nSPS) is 9.80. The first-order valence-electron chi connectivity index (χ1n) is 4.28. The topological polar surface area (TPSA) is 58.7 Å². The van der Waals surface area contributed by atoms with Crippen LogP contribution in [0.1, 0.15) is 12.5 Å². The molecule has 0 atom stereocenters. The summed E-state index contributed by atoms with van der Waals surface area (Å²) in [5, 5.41) is 12.9. The minimum Gasteiger partial charge on any atom is -0.394 e. The molecule has 0 fully saturated rings. The number of hydrogen-bond donors (Lipinski definition) is 2. The Morgan fingerprint density at radius 3 is 2.80 bits per heavy atom. The Morgan fingerprint density at radius 1 is 1.60 bits per heavy atom. The summed E-state index contributed by atoms with van der Waals surface area (Å²) in [6.07, 6.45) is -0.0138. The molecule has 0 saturated heterocycles. The second-order valence-corrected chi connectivity index (χ2v) is 3.42. The van der Waals surface area contributed by atoms with Gasteiger partial charge in [-0.15, -0.1) is 0 Å². The van der Waals surface area contributed by atoms with Crippen molar-refractivity contribution in [3.63, 3.8) is 0 Å². The third-order valence-electron chi connectivity index (χ3n) is 1.68. The van der Waals surface area contributed by atoms with Gasteiger partial charge in [-0.05, 0) is 12.1 Å². The van der Waals surface area contributed by atoms with Crippen LogP contribution in [-0.2, 0) is 11.2 Å². The average Bonchev–Trinajstić information content (AvgIpc) is 2.10. The Morgan fingerprint density at radius 2 is 2.27 bits per heavy atom. The SMILES string of the molecule is CC(=[NH2+])OC(=N)Cc1c(F)cccc1Cl. The van der Waals surface area contributed by atoms with Gasteiger partial charge in [-0.25, -0.2) is 9.80 Å². The molecule has 3 nitrogen and oxygen atoms in total. The lowest BCUT2D eigenvalue weighted by Gasteiger charge is -2.05. The molecule has 0 unspecified atom stereocenters. The van der Waals surface area contributed by atoms with Crippen LogP contribution >= 0.6 is 11.6 Å². The number of nitrogens with two attached hydrogens (primary N) is 1. The van der Waals surface area contributed by atoms with Crippen LogP contribution in [0, 0.1) is 11.2 Å². The molecule has 1 aromatic carbocycles. The van der Waals surface area contributed by atoms with Crippen molar-refractivity contribution < 1.29 is 14.5 Å². The van der Waals surface area contributed by atoms with Crippen molar-refractivity contribution in [2.45, 2.75) is 13.3 Å². The van der Waals surface area contributed by atoms with Crippen LogP contribution < -0.4 is 5.41 Å². The molecule has 0 aliphatic rings. The largest absolute Gasteiger partial charge is 0.394 e. The van der Waals surface area contributed by atoms with E-state index >= 15 is 0 Å². The predicted octanol–water partition coefficient (Wildman–Crippen LogP) is 1.19. The molecule has 0 spiro atoms. The monoisotopic (exact) mass is 229 g/mol. The van der Waals surface area contributed by atoms with E-state index in [1.807, 2.05) is 0 Å². The van der Waals surface area contributed by atoms with Gasteiger partial charge in [0.15, 0.2) is 5.90 Å². The zero-order valence-electron chi connectivity index (χ0n) is 8.18. The minimum absolute atomic E-state index is 0.0138. The van der Waals surface area contributed by atoms with E-state index in [-0.39, 0.29) is 28.8 Å². The van der Waals surface area contributed by atoms with Gasteiger partial charge in [-0.1, -0.05) is 17.7 Å². The molecule has 0 aliphatic carbocycles. The smallest absolute Gasteiger partial charge is 0.336 e. The highest BCUT2D eigenvalue weighted by atomic mass is 35.5. The number of halogens is 2. The van der Waals surface area contributed by atoms with Crippen molar-refractivity contribution in [2.75, 3.05) is 0 Å². The Balaban J connectivity index is 2.80. The zero-order chi connectivity index (χ0) is 11.4. The van der Waals surface area contributed by atoms with E-state index in [9.17, 15) is 4.39 Å². The van der Waals surface area contributed by atoms with Crippen molar-refractivity contribution in [1.82, 2.24) is 0 Å². The van der Waals surface area contributed by atoms with Gasteiger partial charge in [0, 0.05) is 10.6 Å². The fourth-order valence-electron chi connectivity index (χ4n) is 1.09. The van der Waals surface area contributed by atoms with Gasteiger partial charge in [0.2, 0.25) is 0 Å². The van der Waals surface area contributed by atoms with Gasteiger partial charge in [-0.2, -0.15) is 0 Å². The molecular weight excluding hydrogens is 219 g/mol. The maximum atomic E-state index is 13.3. The van der Waals surface area contributed by atoms with Crippen molar-refractivity contribution in [2.24, 2.45) is 0 Å². The molecule has 1 rings (SSSR count). The van der Waals surface area contributed by atoms with Crippen LogP contribution in [0.3, 0.4) is 0 Å². The maximum absolute atomic E-state index is 13.3. The van der Waals surface area contributed by atoms with Gasteiger partial charge in [0.1, 0.15) is 5.82 Å². The second kappa shape index (κ2) is 4.89. The molecule has 0 radical (unpaired) electrons. The van der Waals surface area contributed by atoms with Gasteiger partial charge in [-0.3, -0.25) is 5.41 Å². The van der Waals surface area contributed by atoms with Crippen LogP contribution in [-0.4, -0.2) is 11.8 Å². The molecule has 0 saturated carbocycles. The lowest BCUT2D eigenvalue weighted by Crippen LogP contribution is -2.40. The Kier molecular flexibility index (Phi) is 3.80. The van der Waals surface area contributed by atoms with Crippen molar-refractivity contribution in [1.29, 1.82) is 5.41 Å². The van der Waals surface area contributed by atoms with Crippen molar-refractivity contribution >= 4 is 23.4 Å². The highest BCUT2D eigenvalue weighted by Gasteiger charge is 2.11. The van der Waals surface area contributed by atoms with E-state index in [1.54, 1.807) is 6.07 Å². The molecule has 15 heavy (non-hydrogen) atoms. The van der Waals surface area contributed by atoms with E-state index in [2.05, 4.69) is 0 Å². The van der Waals surface area contributed by atoms with E-state index in [4.69, 9.17) is 27.2 Å². The molecule has 5 heteroatoms. The van der Waals surface area contributed by atoms with Crippen LogP contribution in [0.2, 0.25) is 5.02 Å². The summed E-state index contributed by atoms with van der Waals surface area (Å²) in [6.45, 7) is 1.51. The fraction of sp³-hybridized carbons (Fsp3) is 0.200. The Bertz CT molecular complexity index is 386. The first-order valence-corrected chi connectivity index (χ1v) is 4.65. The lowest BCUT2D eigenvalue weighted by molar-refractivity contribution is -0.133. The Hall–Kier alpha value is -1.42. The minimum atomic E-state index is -0.453. The summed E-state index contributed by atoms with van der Waals surface area (Å²) in [5.41, 5.74) is 0.241. The summed E-state index contributed by atoms with van der Waals surface area (Å²) in [7, 11) is 0. The van der Waals surface area contributed by atoms with Crippen LogP contribution in [0.15, 0.2) is 18.2 Å². The first kappa shape index (κ1) is 11.7. The van der Waals surface area contributed by atoms with E-state index < -0.39 is 5.82 Å². The summed E-state index contributed by atoms with van der Waals surface area (Å²) < 4.78 is 18.1. The molecule has 80 valence electrons. The molecular formula is C10H11ClFN2O+. The van der Waals surface area contributed by atoms with E-state index in [0.29, 0.717) is 0 Å². The number of ether oxygens (including phenoxy) is 1. The summed E-state index contributed by atoms with van der Waals surface area (Å²) >= 11 is 5.78. The van der Waals surface area contributed by atoms with Gasteiger partial charge < -0.3 is 4.74 Å². The van der Waals surface area contributed by atoms with Gasteiger partial charge in [0.25, 0.3) is 0 Å². The van der Waals surface area contributed by atoms with Crippen LogP contribution in [0.25, 0.3) is 0 Å². The van der Waals surface area contributed by atoms with Gasteiger partial charge >= 0.3 is 5.90 Å². The molecule has 3 N–H and O–H groups in total. The third kappa shape index (κ3) is 3.32. The molecule has 0 heterocycles. The van der Waals surface area contributed by atoms with Crippen LogP contribution in [0.4, 0.5) is 4.39 Å². The number of benzene rings is 1. The number of rotatable bonds is 2. The number of nitrogens with one attached hydrogen (secondary N) is 1. The predicted molar refractivity (Wildman–Crippen MR) is 56.5 cm³/mol. The van der Waals surface area contributed by atoms with E-state index in [0.717, 1.165) is 0 Å². The maximum Gasteiger partial charge on any atom is 0.336 e. The second-order valence-electron chi connectivity index (χ2n) is 3.01. The highest BCUT2D eigenvalue weighted by Crippen LogP contribution is 2.19. The lowest BCUT2D eigenvalue weighted by atomic mass is 10.1. The quantitative estimate of drug-likeness (QED) is 0.581. The van der Waals surface area contributed by atoms with Crippen molar-refractivity contribution in [3.05, 3.63) is 34.6 Å². The molecule has 0 bridgehead atoms.